The molecule has 2 aliphatic heterocycles. The van der Waals surface area contributed by atoms with E-state index < -0.39 is 17.3 Å². The van der Waals surface area contributed by atoms with E-state index in [2.05, 4.69) is 10.6 Å². The molecule has 1 atom stereocenters. The lowest BCUT2D eigenvalue weighted by Crippen LogP contribution is -2.51. The topological polar surface area (TPSA) is 135 Å². The van der Waals surface area contributed by atoms with Gasteiger partial charge in [0.25, 0.3) is 5.56 Å². The summed E-state index contributed by atoms with van der Waals surface area (Å²) in [6.45, 7) is 4.40. The van der Waals surface area contributed by atoms with Gasteiger partial charge < -0.3 is 25.2 Å². The summed E-state index contributed by atoms with van der Waals surface area (Å²) < 4.78 is 7.57. The number of halogens is 2. The summed E-state index contributed by atoms with van der Waals surface area (Å²) in [6, 6.07) is 9.48. The molecule has 1 saturated heterocycles. The molecule has 0 aliphatic carbocycles. The van der Waals surface area contributed by atoms with Crippen molar-refractivity contribution in [2.24, 2.45) is 0 Å². The second kappa shape index (κ2) is 14.6. The maximum atomic E-state index is 13.7. The van der Waals surface area contributed by atoms with Gasteiger partial charge in [0.2, 0.25) is 11.8 Å². The minimum atomic E-state index is -0.715. The van der Waals surface area contributed by atoms with Gasteiger partial charge in [-0.2, -0.15) is 0 Å². The quantitative estimate of drug-likeness (QED) is 0.348. The summed E-state index contributed by atoms with van der Waals surface area (Å²) in [6.07, 6.45) is 3.41. The maximum absolute atomic E-state index is 13.7. The van der Waals surface area contributed by atoms with E-state index in [1.54, 1.807) is 44.1 Å². The fourth-order valence-corrected chi connectivity index (χ4v) is 6.48. The predicted molar refractivity (Wildman–Crippen MR) is 180 cm³/mol. The van der Waals surface area contributed by atoms with Gasteiger partial charge in [-0.05, 0) is 56.0 Å². The smallest absolute Gasteiger partial charge is 0.331 e. The van der Waals surface area contributed by atoms with Crippen LogP contribution in [0.2, 0.25) is 10.0 Å². The third-order valence-electron chi connectivity index (χ3n) is 8.78. The number of methoxy groups -OCH3 is 1. The number of nitrogens with one attached hydrogen (secondary N) is 2. The molecule has 0 spiro atoms. The number of urea groups is 1. The zero-order chi connectivity index (χ0) is 33.8. The van der Waals surface area contributed by atoms with Crippen LogP contribution in [0.25, 0.3) is 11.1 Å². The van der Waals surface area contributed by atoms with Crippen LogP contribution in [-0.4, -0.2) is 76.1 Å². The molecule has 12 nitrogen and oxygen atoms in total. The lowest BCUT2D eigenvalue weighted by molar-refractivity contribution is -0.133. The van der Waals surface area contributed by atoms with E-state index >= 15 is 0 Å². The van der Waals surface area contributed by atoms with Gasteiger partial charge in [-0.3, -0.25) is 23.5 Å². The second-order valence-corrected chi connectivity index (χ2v) is 12.5. The van der Waals surface area contributed by atoms with Crippen LogP contribution >= 0.6 is 23.2 Å². The number of benzene rings is 2. The number of anilines is 1. The monoisotopic (exact) mass is 684 g/mol. The average molecular weight is 686 g/mol. The van der Waals surface area contributed by atoms with Gasteiger partial charge in [-0.15, -0.1) is 0 Å². The third kappa shape index (κ3) is 7.33. The number of carbonyl (C=O) groups excluding carboxylic acids is 3. The van der Waals surface area contributed by atoms with E-state index in [0.717, 1.165) is 21.6 Å². The van der Waals surface area contributed by atoms with Crippen molar-refractivity contribution in [2.45, 2.75) is 58.2 Å². The second-order valence-electron chi connectivity index (χ2n) is 11.7. The Balaban J connectivity index is 1.34. The molecule has 2 aliphatic rings. The number of hydrogen-bond donors (Lipinski definition) is 2. The van der Waals surface area contributed by atoms with Gasteiger partial charge in [-0.25, -0.2) is 9.59 Å². The molecular weight excluding hydrogens is 647 g/mol. The van der Waals surface area contributed by atoms with Crippen LogP contribution in [-0.2, 0) is 22.6 Å². The van der Waals surface area contributed by atoms with Gasteiger partial charge in [0.15, 0.2) is 0 Å². The van der Waals surface area contributed by atoms with Crippen LogP contribution in [0.5, 0.6) is 5.75 Å². The Labute approximate surface area is 282 Å². The van der Waals surface area contributed by atoms with Crippen LogP contribution < -0.4 is 26.6 Å². The van der Waals surface area contributed by atoms with E-state index in [9.17, 15) is 24.0 Å². The molecule has 0 unspecified atom stereocenters. The number of aromatic nitrogens is 2. The molecule has 0 bridgehead atoms. The lowest BCUT2D eigenvalue weighted by atomic mass is 10.0. The van der Waals surface area contributed by atoms with Crippen molar-refractivity contribution in [3.8, 4) is 16.9 Å². The van der Waals surface area contributed by atoms with Crippen molar-refractivity contribution in [2.75, 3.05) is 38.6 Å². The first-order chi connectivity index (χ1) is 22.5. The molecule has 1 aromatic heterocycles. The first-order valence-electron chi connectivity index (χ1n) is 15.6. The van der Waals surface area contributed by atoms with Gasteiger partial charge >= 0.3 is 11.7 Å². The molecule has 3 aromatic rings. The zero-order valence-electron chi connectivity index (χ0n) is 26.6. The number of ether oxygens (including phenoxy) is 1. The van der Waals surface area contributed by atoms with Gasteiger partial charge in [0, 0.05) is 56.1 Å². The Hall–Kier alpha value is -4.29. The molecule has 4 amide bonds. The molecule has 3 heterocycles. The Morgan fingerprint density at radius 3 is 2.51 bits per heavy atom. The van der Waals surface area contributed by atoms with Crippen molar-refractivity contribution >= 4 is 46.7 Å². The Bertz CT molecular complexity index is 1800. The first kappa shape index (κ1) is 34.1. The number of piperidine rings is 1. The fraction of sp³-hybridized carbons (Fsp3) is 0.424. The summed E-state index contributed by atoms with van der Waals surface area (Å²) in [5.41, 5.74) is 0.886. The van der Waals surface area contributed by atoms with Crippen LogP contribution in [0.1, 0.15) is 44.7 Å². The van der Waals surface area contributed by atoms with Crippen LogP contribution in [0.15, 0.2) is 52.2 Å². The lowest BCUT2D eigenvalue weighted by Gasteiger charge is -2.38. The van der Waals surface area contributed by atoms with Crippen LogP contribution in [0, 0.1) is 0 Å². The summed E-state index contributed by atoms with van der Waals surface area (Å²) >= 11 is 12.7. The molecule has 0 radical (unpaired) electrons. The normalized spacial score (nSPS) is 15.8. The highest BCUT2D eigenvalue weighted by atomic mass is 35.5. The highest BCUT2D eigenvalue weighted by molar-refractivity contribution is 6.43. The van der Waals surface area contributed by atoms with Crippen molar-refractivity contribution in [3.05, 3.63) is 79.0 Å². The van der Waals surface area contributed by atoms with Crippen molar-refractivity contribution < 1.29 is 19.1 Å². The molecule has 0 saturated carbocycles. The SMILES string of the molecule is CCC(=O)NC[C@H](C)n1c(=O)c(-c2cccc(Cl)c2Cl)cn(CC(=O)N2CCC(N3CCc4cc(OC)ccc4NC3=O)CC2)c1=O. The van der Waals surface area contributed by atoms with E-state index in [4.69, 9.17) is 27.9 Å². The zero-order valence-corrected chi connectivity index (χ0v) is 28.1. The van der Waals surface area contributed by atoms with Crippen molar-refractivity contribution in [1.82, 2.24) is 24.3 Å². The summed E-state index contributed by atoms with van der Waals surface area (Å²) in [5, 5.41) is 6.09. The fourth-order valence-electron chi connectivity index (χ4n) is 6.07. The highest BCUT2D eigenvalue weighted by Gasteiger charge is 2.32. The minimum absolute atomic E-state index is 0.0404. The molecule has 5 rings (SSSR count). The highest BCUT2D eigenvalue weighted by Crippen LogP contribution is 2.32. The number of likely N-dealkylation sites (tertiary alicyclic amines) is 1. The van der Waals surface area contributed by atoms with Gasteiger partial charge in [-0.1, -0.05) is 42.3 Å². The van der Waals surface area contributed by atoms with Crippen LogP contribution in [0.3, 0.4) is 0 Å². The average Bonchev–Trinajstić information content (AvgIpc) is 3.23. The number of fused-ring (bicyclic) bond motifs is 1. The van der Waals surface area contributed by atoms with Crippen molar-refractivity contribution in [3.63, 3.8) is 0 Å². The predicted octanol–water partition coefficient (Wildman–Crippen LogP) is 4.16. The van der Waals surface area contributed by atoms with Crippen molar-refractivity contribution in [1.29, 1.82) is 0 Å². The number of amides is 4. The molecule has 47 heavy (non-hydrogen) atoms. The van der Waals surface area contributed by atoms with Crippen LogP contribution in [0.4, 0.5) is 10.5 Å². The van der Waals surface area contributed by atoms with E-state index in [0.29, 0.717) is 44.5 Å². The third-order valence-corrected chi connectivity index (χ3v) is 9.60. The van der Waals surface area contributed by atoms with Gasteiger partial charge in [0.05, 0.1) is 28.8 Å². The van der Waals surface area contributed by atoms with Gasteiger partial charge in [0.1, 0.15) is 12.3 Å². The van der Waals surface area contributed by atoms with E-state index in [1.165, 1.54) is 10.8 Å². The molecule has 2 aromatic carbocycles. The Morgan fingerprint density at radius 1 is 1.06 bits per heavy atom. The Morgan fingerprint density at radius 2 is 1.81 bits per heavy atom. The van der Waals surface area contributed by atoms with E-state index in [-0.39, 0.29) is 59.0 Å². The number of rotatable bonds is 9. The molecule has 1 fully saturated rings. The largest absolute Gasteiger partial charge is 0.497 e. The number of hydrogen-bond acceptors (Lipinski definition) is 6. The molecular formula is C33H38Cl2N6O6. The number of nitrogens with zero attached hydrogens (tertiary/aromatic N) is 4. The molecule has 250 valence electrons. The van der Waals surface area contributed by atoms with E-state index in [1.807, 2.05) is 23.1 Å². The molecule has 14 heteroatoms. The maximum Gasteiger partial charge on any atom is 0.331 e. The Kier molecular flexibility index (Phi) is 10.6. The minimum Gasteiger partial charge on any atom is -0.497 e. The summed E-state index contributed by atoms with van der Waals surface area (Å²) in [4.78, 5) is 69.5. The standard InChI is InChI=1S/C33H38Cl2N6O6/c1-4-28(42)36-17-20(2)41-31(44)25(24-6-5-7-26(34)30(24)35)18-39(33(41)46)19-29(43)38-13-11-22(12-14-38)40-15-10-21-16-23(47-3)8-9-27(21)37-32(40)45/h5-9,16,18,20,22H,4,10-15,17,19H2,1-3H3,(H,36,42)(H,37,45)/t20-/m0/s1. The summed E-state index contributed by atoms with van der Waals surface area (Å²) in [5.74, 6) is 0.208. The molecule has 2 N–H and O–H groups in total. The number of carbonyl (C=O) groups is 3. The first-order valence-corrected chi connectivity index (χ1v) is 16.4. The summed E-state index contributed by atoms with van der Waals surface area (Å²) in [7, 11) is 1.61.